The Kier molecular flexibility index (Phi) is 7.33. The van der Waals surface area contributed by atoms with E-state index in [4.69, 9.17) is 9.47 Å². The molecule has 0 amide bonds. The minimum atomic E-state index is -0.699. The lowest BCUT2D eigenvalue weighted by Gasteiger charge is -2.22. The Balaban J connectivity index is 1.41. The second kappa shape index (κ2) is 10.6. The van der Waals surface area contributed by atoms with Crippen molar-refractivity contribution in [2.75, 3.05) is 6.61 Å². The first-order valence-electron chi connectivity index (χ1n) is 11.8. The molecule has 1 N–H and O–H groups in total. The highest BCUT2D eigenvalue weighted by Crippen LogP contribution is 2.32. The molecule has 0 spiro atoms. The zero-order valence-electron chi connectivity index (χ0n) is 19.5. The lowest BCUT2D eigenvalue weighted by molar-refractivity contribution is -0.142. The van der Waals surface area contributed by atoms with E-state index in [1.165, 1.54) is 11.1 Å². The molecule has 0 radical (unpaired) electrons. The van der Waals surface area contributed by atoms with Crippen LogP contribution in [-0.4, -0.2) is 17.7 Å². The SMILES string of the molecule is CCCCOc1ccc(C)cc1-c1ccc(COc2ccc3c(c2)CC[C@@H](C(=O)O)C3)cc1. The summed E-state index contributed by atoms with van der Waals surface area (Å²) in [5.74, 6) is 0.789. The maximum absolute atomic E-state index is 11.3. The van der Waals surface area contributed by atoms with Gasteiger partial charge < -0.3 is 14.6 Å². The summed E-state index contributed by atoms with van der Waals surface area (Å²) < 4.78 is 12.1. The summed E-state index contributed by atoms with van der Waals surface area (Å²) in [6.07, 6.45) is 4.25. The summed E-state index contributed by atoms with van der Waals surface area (Å²) in [6, 6.07) is 20.8. The minimum absolute atomic E-state index is 0.270. The largest absolute Gasteiger partial charge is 0.493 e. The molecule has 0 aromatic heterocycles. The highest BCUT2D eigenvalue weighted by molar-refractivity contribution is 5.72. The van der Waals surface area contributed by atoms with Crippen LogP contribution in [0.3, 0.4) is 0 Å². The van der Waals surface area contributed by atoms with E-state index in [-0.39, 0.29) is 5.92 Å². The number of fused-ring (bicyclic) bond motifs is 1. The van der Waals surface area contributed by atoms with Crippen molar-refractivity contribution in [3.8, 4) is 22.6 Å². The Morgan fingerprint density at radius 1 is 1.00 bits per heavy atom. The van der Waals surface area contributed by atoms with Crippen molar-refractivity contribution >= 4 is 5.97 Å². The lowest BCUT2D eigenvalue weighted by Crippen LogP contribution is -2.22. The quantitative estimate of drug-likeness (QED) is 0.377. The first kappa shape index (κ1) is 22.9. The van der Waals surface area contributed by atoms with Gasteiger partial charge in [0.05, 0.1) is 12.5 Å². The molecule has 4 rings (SSSR count). The fourth-order valence-electron chi connectivity index (χ4n) is 4.30. The number of hydrogen-bond donors (Lipinski definition) is 1. The van der Waals surface area contributed by atoms with Gasteiger partial charge in [-0.05, 0) is 79.1 Å². The molecule has 0 heterocycles. The number of hydrogen-bond acceptors (Lipinski definition) is 3. The average Bonchev–Trinajstić information content (AvgIpc) is 2.83. The van der Waals surface area contributed by atoms with Crippen molar-refractivity contribution in [1.29, 1.82) is 0 Å². The number of ether oxygens (including phenoxy) is 2. The van der Waals surface area contributed by atoms with E-state index in [0.29, 0.717) is 19.4 Å². The summed E-state index contributed by atoms with van der Waals surface area (Å²) >= 11 is 0. The minimum Gasteiger partial charge on any atom is -0.493 e. The third-order valence-electron chi connectivity index (χ3n) is 6.32. The van der Waals surface area contributed by atoms with Gasteiger partial charge in [-0.15, -0.1) is 0 Å². The van der Waals surface area contributed by atoms with E-state index in [9.17, 15) is 9.90 Å². The first-order valence-corrected chi connectivity index (χ1v) is 11.8. The molecule has 33 heavy (non-hydrogen) atoms. The number of carboxylic acid groups (broad SMARTS) is 1. The zero-order valence-corrected chi connectivity index (χ0v) is 19.5. The van der Waals surface area contributed by atoms with E-state index < -0.39 is 5.97 Å². The van der Waals surface area contributed by atoms with Gasteiger partial charge in [0, 0.05) is 5.56 Å². The summed E-state index contributed by atoms with van der Waals surface area (Å²) in [7, 11) is 0. The molecule has 172 valence electrons. The highest BCUT2D eigenvalue weighted by atomic mass is 16.5. The van der Waals surface area contributed by atoms with Crippen molar-refractivity contribution in [2.45, 2.75) is 52.6 Å². The summed E-state index contributed by atoms with van der Waals surface area (Å²) in [5, 5.41) is 9.27. The normalized spacial score (nSPS) is 15.0. The van der Waals surface area contributed by atoms with Crippen LogP contribution in [0.5, 0.6) is 11.5 Å². The molecular formula is C29H32O4. The Morgan fingerprint density at radius 3 is 2.58 bits per heavy atom. The van der Waals surface area contributed by atoms with Crippen molar-refractivity contribution in [1.82, 2.24) is 0 Å². The van der Waals surface area contributed by atoms with Crippen LogP contribution < -0.4 is 9.47 Å². The lowest BCUT2D eigenvalue weighted by atomic mass is 9.84. The number of rotatable bonds is 9. The zero-order chi connectivity index (χ0) is 23.2. The molecule has 4 nitrogen and oxygen atoms in total. The van der Waals surface area contributed by atoms with Crippen LogP contribution in [0.1, 0.15) is 48.4 Å². The van der Waals surface area contributed by atoms with Crippen LogP contribution in [0, 0.1) is 12.8 Å². The number of benzene rings is 3. The van der Waals surface area contributed by atoms with Gasteiger partial charge in [0.2, 0.25) is 0 Å². The molecule has 0 saturated carbocycles. The average molecular weight is 445 g/mol. The first-order chi connectivity index (χ1) is 16.0. The van der Waals surface area contributed by atoms with Gasteiger partial charge in [-0.3, -0.25) is 4.79 Å². The van der Waals surface area contributed by atoms with Crippen molar-refractivity contribution in [2.24, 2.45) is 5.92 Å². The van der Waals surface area contributed by atoms with Crippen LogP contribution in [0.25, 0.3) is 11.1 Å². The van der Waals surface area contributed by atoms with Crippen LogP contribution in [0.15, 0.2) is 60.7 Å². The van der Waals surface area contributed by atoms with Gasteiger partial charge in [-0.25, -0.2) is 0 Å². The molecule has 1 atom stereocenters. The molecule has 3 aromatic rings. The molecule has 4 heteroatoms. The standard InChI is InChI=1S/C29H32O4/c1-3-4-15-32-28-14-5-20(2)16-27(28)22-8-6-21(7-9-22)19-33-26-13-12-23-17-25(29(30)31)11-10-24(23)18-26/h5-9,12-14,16,18,25H,3-4,10-11,15,17,19H2,1-2H3,(H,30,31)/t25-/m1/s1. The number of carbonyl (C=O) groups is 1. The second-order valence-corrected chi connectivity index (χ2v) is 8.90. The topological polar surface area (TPSA) is 55.8 Å². The number of unbranched alkanes of at least 4 members (excludes halogenated alkanes) is 1. The van der Waals surface area contributed by atoms with Gasteiger partial charge in [0.25, 0.3) is 0 Å². The molecular weight excluding hydrogens is 412 g/mol. The van der Waals surface area contributed by atoms with Crippen LogP contribution >= 0.6 is 0 Å². The monoisotopic (exact) mass is 444 g/mol. The smallest absolute Gasteiger partial charge is 0.306 e. The molecule has 0 bridgehead atoms. The van der Waals surface area contributed by atoms with E-state index in [0.717, 1.165) is 59.6 Å². The molecule has 0 fully saturated rings. The van der Waals surface area contributed by atoms with Gasteiger partial charge in [0.15, 0.2) is 0 Å². The maximum Gasteiger partial charge on any atom is 0.306 e. The third kappa shape index (κ3) is 5.75. The van der Waals surface area contributed by atoms with Crippen LogP contribution in [-0.2, 0) is 24.2 Å². The Bertz CT molecular complexity index is 1100. The van der Waals surface area contributed by atoms with Gasteiger partial charge in [-0.1, -0.05) is 55.3 Å². The molecule has 0 aliphatic heterocycles. The van der Waals surface area contributed by atoms with Crippen molar-refractivity contribution in [3.05, 3.63) is 82.9 Å². The predicted molar refractivity (Wildman–Crippen MR) is 131 cm³/mol. The number of aliphatic carboxylic acids is 1. The molecule has 0 saturated heterocycles. The summed E-state index contributed by atoms with van der Waals surface area (Å²) in [4.78, 5) is 11.3. The van der Waals surface area contributed by atoms with Crippen LogP contribution in [0.4, 0.5) is 0 Å². The Labute approximate surface area is 196 Å². The van der Waals surface area contributed by atoms with Crippen molar-refractivity contribution in [3.63, 3.8) is 0 Å². The molecule has 0 unspecified atom stereocenters. The number of aryl methyl sites for hydroxylation is 2. The summed E-state index contributed by atoms with van der Waals surface area (Å²) in [6.45, 7) is 5.49. The van der Waals surface area contributed by atoms with E-state index >= 15 is 0 Å². The van der Waals surface area contributed by atoms with Gasteiger partial charge >= 0.3 is 5.97 Å². The molecule has 3 aromatic carbocycles. The highest BCUT2D eigenvalue weighted by Gasteiger charge is 2.24. The van der Waals surface area contributed by atoms with E-state index in [2.05, 4.69) is 62.4 Å². The molecule has 1 aliphatic carbocycles. The fraction of sp³-hybridized carbons (Fsp3) is 0.345. The summed E-state index contributed by atoms with van der Waals surface area (Å²) in [5.41, 5.74) is 6.89. The number of carboxylic acids is 1. The second-order valence-electron chi connectivity index (χ2n) is 8.90. The predicted octanol–water partition coefficient (Wildman–Crippen LogP) is 6.61. The van der Waals surface area contributed by atoms with Gasteiger partial charge in [-0.2, -0.15) is 0 Å². The van der Waals surface area contributed by atoms with Gasteiger partial charge in [0.1, 0.15) is 18.1 Å². The van der Waals surface area contributed by atoms with E-state index in [1.807, 2.05) is 12.1 Å². The Hall–Kier alpha value is -3.27. The molecule has 1 aliphatic rings. The van der Waals surface area contributed by atoms with Crippen molar-refractivity contribution < 1.29 is 19.4 Å². The van der Waals surface area contributed by atoms with E-state index in [1.54, 1.807) is 0 Å². The maximum atomic E-state index is 11.3. The third-order valence-corrected chi connectivity index (χ3v) is 6.32. The van der Waals surface area contributed by atoms with Crippen LogP contribution in [0.2, 0.25) is 0 Å². The fourth-order valence-corrected chi connectivity index (χ4v) is 4.30. The Morgan fingerprint density at radius 2 is 1.82 bits per heavy atom.